The minimum atomic E-state index is -0.512. The highest BCUT2D eigenvalue weighted by atomic mass is 35.5. The van der Waals surface area contributed by atoms with E-state index >= 15 is 0 Å². The van der Waals surface area contributed by atoms with Crippen LogP contribution in [0.25, 0.3) is 11.3 Å². The van der Waals surface area contributed by atoms with E-state index in [1.165, 1.54) is 5.56 Å². The van der Waals surface area contributed by atoms with Gasteiger partial charge in [-0.3, -0.25) is 0 Å². The first-order valence-electron chi connectivity index (χ1n) is 12.3. The van der Waals surface area contributed by atoms with Crippen molar-refractivity contribution in [2.75, 3.05) is 18.4 Å². The predicted octanol–water partition coefficient (Wildman–Crippen LogP) is 6.95. The van der Waals surface area contributed by atoms with Crippen molar-refractivity contribution < 1.29 is 9.53 Å². The molecule has 1 N–H and O–H groups in total. The fraction of sp³-hybridized carbons (Fsp3) is 0.393. The molecule has 5 rings (SSSR count). The zero-order valence-corrected chi connectivity index (χ0v) is 22.2. The fourth-order valence-electron chi connectivity index (χ4n) is 5.00. The number of likely N-dealkylation sites (tertiary alicyclic amines) is 1. The second-order valence-corrected chi connectivity index (χ2v) is 11.3. The van der Waals surface area contributed by atoms with Crippen LogP contribution in [0.3, 0.4) is 0 Å². The number of piperidine rings is 1. The Balaban J connectivity index is 1.37. The number of fused-ring (bicyclic) bond motifs is 3. The molecule has 0 bridgehead atoms. The fourth-order valence-corrected chi connectivity index (χ4v) is 5.31. The number of rotatable bonds is 3. The number of carbonyl (C=O) groups is 1. The van der Waals surface area contributed by atoms with Crippen LogP contribution in [0.2, 0.25) is 10.0 Å². The minimum absolute atomic E-state index is 0.0621. The van der Waals surface area contributed by atoms with Crippen molar-refractivity contribution in [3.63, 3.8) is 0 Å². The van der Waals surface area contributed by atoms with Gasteiger partial charge >= 0.3 is 6.09 Å². The summed E-state index contributed by atoms with van der Waals surface area (Å²) in [5.74, 6) is 0.721. The lowest BCUT2D eigenvalue weighted by atomic mass is 9.78. The molecule has 6 nitrogen and oxygen atoms in total. The Kier molecular flexibility index (Phi) is 6.84. The third-order valence-corrected chi connectivity index (χ3v) is 7.37. The van der Waals surface area contributed by atoms with E-state index in [4.69, 9.17) is 32.9 Å². The summed E-state index contributed by atoms with van der Waals surface area (Å²) in [6, 6.07) is 14.3. The van der Waals surface area contributed by atoms with Crippen LogP contribution >= 0.6 is 23.2 Å². The molecule has 2 heterocycles. The smallest absolute Gasteiger partial charge is 0.410 e. The first-order valence-corrected chi connectivity index (χ1v) is 13.1. The predicted molar refractivity (Wildman–Crippen MR) is 144 cm³/mol. The third-order valence-electron chi connectivity index (χ3n) is 6.63. The average molecular weight is 525 g/mol. The Morgan fingerprint density at radius 2 is 1.94 bits per heavy atom. The molecule has 36 heavy (non-hydrogen) atoms. The quantitative estimate of drug-likeness (QED) is 0.401. The molecule has 2 atom stereocenters. The van der Waals surface area contributed by atoms with Crippen molar-refractivity contribution in [2.24, 2.45) is 0 Å². The van der Waals surface area contributed by atoms with E-state index in [0.717, 1.165) is 41.6 Å². The molecule has 2 aliphatic rings. The van der Waals surface area contributed by atoms with Crippen molar-refractivity contribution in [3.05, 3.63) is 75.4 Å². The van der Waals surface area contributed by atoms with Crippen molar-refractivity contribution in [1.29, 1.82) is 0 Å². The molecule has 0 radical (unpaired) electrons. The Morgan fingerprint density at radius 1 is 1.14 bits per heavy atom. The highest BCUT2D eigenvalue weighted by Gasteiger charge is 2.30. The van der Waals surface area contributed by atoms with E-state index in [0.29, 0.717) is 29.1 Å². The van der Waals surface area contributed by atoms with Crippen LogP contribution in [-0.2, 0) is 11.2 Å². The zero-order chi connectivity index (χ0) is 25.4. The van der Waals surface area contributed by atoms with Crippen LogP contribution in [-0.4, -0.2) is 45.7 Å². The minimum Gasteiger partial charge on any atom is -0.444 e. The van der Waals surface area contributed by atoms with E-state index in [1.807, 2.05) is 51.2 Å². The van der Waals surface area contributed by atoms with Crippen LogP contribution in [0.4, 0.5) is 10.7 Å². The molecule has 3 aromatic rings. The molecule has 8 heteroatoms. The summed E-state index contributed by atoms with van der Waals surface area (Å²) in [6.07, 6.45) is 4.26. The van der Waals surface area contributed by atoms with Gasteiger partial charge in [-0.25, -0.2) is 14.8 Å². The molecular weight excluding hydrogens is 495 g/mol. The van der Waals surface area contributed by atoms with Gasteiger partial charge in [0.25, 0.3) is 0 Å². The molecule has 1 aliphatic carbocycles. The van der Waals surface area contributed by atoms with E-state index < -0.39 is 5.60 Å². The SMILES string of the molecule is CC(C)(C)OC(=O)N1CCCC(Nc2ncc3c(n2)-c2ccccc2[C@H](c2ccc(Cl)c(Cl)c2)C3)C1. The van der Waals surface area contributed by atoms with Gasteiger partial charge in [0.1, 0.15) is 5.60 Å². The maximum atomic E-state index is 12.6. The lowest BCUT2D eigenvalue weighted by Crippen LogP contribution is -2.47. The number of nitrogens with zero attached hydrogens (tertiary/aromatic N) is 3. The molecule has 2 aromatic carbocycles. The standard InChI is InChI=1S/C28H30Cl2N4O2/c1-28(2,3)36-27(35)34-12-6-7-19(16-34)32-26-31-15-18-13-22(17-10-11-23(29)24(30)14-17)20-8-4-5-9-21(20)25(18)33-26/h4-5,8-11,14-15,19,22H,6-7,12-13,16H2,1-3H3,(H,31,32,33)/t19?,22-/m0/s1. The highest BCUT2D eigenvalue weighted by Crippen LogP contribution is 2.42. The number of anilines is 1. The number of hydrogen-bond donors (Lipinski definition) is 1. The summed E-state index contributed by atoms with van der Waals surface area (Å²) in [4.78, 5) is 23.9. The zero-order valence-electron chi connectivity index (χ0n) is 20.7. The van der Waals surface area contributed by atoms with Gasteiger partial charge in [-0.2, -0.15) is 0 Å². The number of ether oxygens (including phenoxy) is 1. The molecular formula is C28H30Cl2N4O2. The summed E-state index contributed by atoms with van der Waals surface area (Å²) in [6.45, 7) is 6.91. The van der Waals surface area contributed by atoms with Crippen molar-refractivity contribution >= 4 is 35.2 Å². The van der Waals surface area contributed by atoms with Gasteiger partial charge in [0.2, 0.25) is 5.95 Å². The largest absolute Gasteiger partial charge is 0.444 e. The van der Waals surface area contributed by atoms with Crippen LogP contribution in [0.1, 0.15) is 56.2 Å². The van der Waals surface area contributed by atoms with Crippen LogP contribution < -0.4 is 5.32 Å². The number of nitrogens with one attached hydrogen (secondary N) is 1. The molecule has 188 valence electrons. The summed E-state index contributed by atoms with van der Waals surface area (Å²) in [5.41, 5.74) is 4.95. The first-order chi connectivity index (χ1) is 17.2. The summed E-state index contributed by atoms with van der Waals surface area (Å²) >= 11 is 12.5. The van der Waals surface area contributed by atoms with Crippen LogP contribution in [0.15, 0.2) is 48.7 Å². The van der Waals surface area contributed by atoms with Gasteiger partial charge in [0.15, 0.2) is 0 Å². The number of aromatic nitrogens is 2. The van der Waals surface area contributed by atoms with E-state index in [-0.39, 0.29) is 18.1 Å². The van der Waals surface area contributed by atoms with Gasteiger partial charge in [-0.05, 0) is 68.9 Å². The second kappa shape index (κ2) is 9.91. The van der Waals surface area contributed by atoms with Gasteiger partial charge in [-0.1, -0.05) is 53.5 Å². The van der Waals surface area contributed by atoms with Crippen molar-refractivity contribution in [1.82, 2.24) is 14.9 Å². The number of hydrogen-bond acceptors (Lipinski definition) is 5. The molecule has 1 fully saturated rings. The van der Waals surface area contributed by atoms with Gasteiger partial charge in [-0.15, -0.1) is 0 Å². The van der Waals surface area contributed by atoms with Gasteiger partial charge in [0, 0.05) is 36.8 Å². The van der Waals surface area contributed by atoms with Crippen molar-refractivity contribution in [2.45, 2.75) is 57.6 Å². The monoisotopic (exact) mass is 524 g/mol. The second-order valence-electron chi connectivity index (χ2n) is 10.5. The third kappa shape index (κ3) is 5.30. The Bertz CT molecular complexity index is 1290. The molecule has 1 amide bonds. The molecule has 1 unspecified atom stereocenters. The summed E-state index contributed by atoms with van der Waals surface area (Å²) < 4.78 is 5.56. The maximum absolute atomic E-state index is 12.6. The van der Waals surface area contributed by atoms with E-state index in [9.17, 15) is 4.79 Å². The van der Waals surface area contributed by atoms with E-state index in [1.54, 1.807) is 4.90 Å². The first kappa shape index (κ1) is 24.8. The van der Waals surface area contributed by atoms with Crippen LogP contribution in [0, 0.1) is 0 Å². The Morgan fingerprint density at radius 3 is 2.72 bits per heavy atom. The average Bonchev–Trinajstić information content (AvgIpc) is 2.84. The number of halogens is 2. The van der Waals surface area contributed by atoms with E-state index in [2.05, 4.69) is 28.5 Å². The molecule has 1 aromatic heterocycles. The molecule has 0 spiro atoms. The Hall–Kier alpha value is -2.83. The lowest BCUT2D eigenvalue weighted by Gasteiger charge is -2.34. The lowest BCUT2D eigenvalue weighted by molar-refractivity contribution is 0.0206. The number of amides is 1. The summed E-state index contributed by atoms with van der Waals surface area (Å²) in [5, 5.41) is 4.57. The van der Waals surface area contributed by atoms with Crippen molar-refractivity contribution in [3.8, 4) is 11.3 Å². The number of carbonyl (C=O) groups excluding carboxylic acids is 1. The summed E-state index contributed by atoms with van der Waals surface area (Å²) in [7, 11) is 0. The topological polar surface area (TPSA) is 67.3 Å². The normalized spacial score (nSPS) is 19.3. The van der Waals surface area contributed by atoms with Gasteiger partial charge in [0.05, 0.1) is 15.7 Å². The Labute approximate surface area is 222 Å². The van der Waals surface area contributed by atoms with Crippen LogP contribution in [0.5, 0.6) is 0 Å². The number of benzene rings is 2. The maximum Gasteiger partial charge on any atom is 0.410 e. The highest BCUT2D eigenvalue weighted by molar-refractivity contribution is 6.42. The molecule has 0 saturated carbocycles. The molecule has 1 saturated heterocycles. The molecule has 1 aliphatic heterocycles. The van der Waals surface area contributed by atoms with Gasteiger partial charge < -0.3 is 15.0 Å².